The Balaban J connectivity index is 2.47. The Morgan fingerprint density at radius 2 is 1.13 bits per heavy atom. The van der Waals surface area contributed by atoms with Gasteiger partial charge >= 0.3 is 0 Å². The molecule has 1 rings (SSSR count). The molecular formula is C44H77NO8. The number of aliphatic hydroxyl groups excluding tert-OH is 5. The summed E-state index contributed by atoms with van der Waals surface area (Å²) in [5.41, 5.74) is 0. The summed E-state index contributed by atoms with van der Waals surface area (Å²) in [6, 6.07) is -0.834. The van der Waals surface area contributed by atoms with Gasteiger partial charge in [0, 0.05) is 6.42 Å². The molecule has 1 amide bonds. The van der Waals surface area contributed by atoms with Crippen molar-refractivity contribution in [1.29, 1.82) is 0 Å². The summed E-state index contributed by atoms with van der Waals surface area (Å²) in [4.78, 5) is 12.9. The van der Waals surface area contributed by atoms with Gasteiger partial charge in [0.25, 0.3) is 0 Å². The number of hydrogen-bond acceptors (Lipinski definition) is 8. The van der Waals surface area contributed by atoms with E-state index in [1.807, 2.05) is 6.08 Å². The van der Waals surface area contributed by atoms with Crippen LogP contribution in [-0.4, -0.2) is 87.5 Å². The summed E-state index contributed by atoms with van der Waals surface area (Å²) in [7, 11) is 0. The zero-order chi connectivity index (χ0) is 38.8. The SMILES string of the molecule is CCCCC/C=C\C=C/CCCCCCCCC(=O)NC(COC1OC(CO)C(O)C(O)C1O)C(O)/C=C/CC/C=C/CC/C=C/CCCCCCC. The molecular weight excluding hydrogens is 670 g/mol. The van der Waals surface area contributed by atoms with Gasteiger partial charge in [-0.3, -0.25) is 4.79 Å². The van der Waals surface area contributed by atoms with Gasteiger partial charge in [-0.2, -0.15) is 0 Å². The normalized spacial score (nSPS) is 22.3. The predicted octanol–water partition coefficient (Wildman–Crippen LogP) is 8.05. The number of unbranched alkanes of at least 4 members (excludes halogenated alkanes) is 16. The third-order valence-corrected chi connectivity index (χ3v) is 9.57. The van der Waals surface area contributed by atoms with Crippen molar-refractivity contribution in [2.75, 3.05) is 13.2 Å². The van der Waals surface area contributed by atoms with Gasteiger partial charge < -0.3 is 40.3 Å². The molecule has 0 saturated carbocycles. The molecule has 9 nitrogen and oxygen atoms in total. The number of allylic oxidation sites excluding steroid dienone is 9. The van der Waals surface area contributed by atoms with Crippen molar-refractivity contribution in [3.8, 4) is 0 Å². The Hall–Kier alpha value is -2.11. The van der Waals surface area contributed by atoms with Crippen LogP contribution in [0.5, 0.6) is 0 Å². The molecule has 0 aromatic heterocycles. The summed E-state index contributed by atoms with van der Waals surface area (Å²) in [5.74, 6) is -0.207. The van der Waals surface area contributed by atoms with Crippen molar-refractivity contribution in [3.05, 3.63) is 60.8 Å². The Morgan fingerprint density at radius 3 is 1.74 bits per heavy atom. The van der Waals surface area contributed by atoms with Crippen LogP contribution < -0.4 is 5.32 Å². The lowest BCUT2D eigenvalue weighted by molar-refractivity contribution is -0.302. The van der Waals surface area contributed by atoms with Gasteiger partial charge in [-0.15, -0.1) is 0 Å². The zero-order valence-corrected chi connectivity index (χ0v) is 33.2. The third kappa shape index (κ3) is 25.6. The Morgan fingerprint density at radius 1 is 0.642 bits per heavy atom. The minimum absolute atomic E-state index is 0.207. The van der Waals surface area contributed by atoms with Crippen molar-refractivity contribution in [2.45, 2.75) is 198 Å². The zero-order valence-electron chi connectivity index (χ0n) is 33.2. The lowest BCUT2D eigenvalue weighted by Crippen LogP contribution is -2.60. The average molecular weight is 748 g/mol. The van der Waals surface area contributed by atoms with Crippen LogP contribution in [0.15, 0.2) is 60.8 Å². The van der Waals surface area contributed by atoms with Crippen LogP contribution in [0.25, 0.3) is 0 Å². The predicted molar refractivity (Wildman–Crippen MR) is 216 cm³/mol. The highest BCUT2D eigenvalue weighted by Gasteiger charge is 2.44. The van der Waals surface area contributed by atoms with Crippen molar-refractivity contribution in [2.24, 2.45) is 0 Å². The summed E-state index contributed by atoms with van der Waals surface area (Å²) in [6.45, 7) is 3.67. The van der Waals surface area contributed by atoms with Crippen LogP contribution in [-0.2, 0) is 14.3 Å². The van der Waals surface area contributed by atoms with E-state index in [1.165, 1.54) is 57.8 Å². The van der Waals surface area contributed by atoms with Gasteiger partial charge in [0.05, 0.1) is 25.4 Å². The number of carbonyl (C=O) groups excluding carboxylic acids is 1. The van der Waals surface area contributed by atoms with Gasteiger partial charge in [0.15, 0.2) is 6.29 Å². The standard InChI is InChI=1S/C44H77NO8/c1-3-5-7-9-11-13-15-17-19-21-23-25-27-29-31-33-38(47)37(36-52-44-43(51)42(50)41(49)39(35-46)53-44)45-40(48)34-32-30-28-26-24-22-20-18-16-14-12-10-8-6-4-2/h12,14-18,23,25,31,33,37-39,41-44,46-47,49-51H,3-11,13,19-22,24,26-30,32,34-36H2,1-2H3,(H,45,48)/b14-12-,17-15+,18-16-,25-23+,33-31+. The number of rotatable bonds is 33. The molecule has 1 aliphatic heterocycles. The molecule has 1 saturated heterocycles. The fraction of sp³-hybridized carbons (Fsp3) is 0.750. The molecule has 53 heavy (non-hydrogen) atoms. The van der Waals surface area contributed by atoms with E-state index < -0.39 is 49.5 Å². The molecule has 1 aliphatic rings. The summed E-state index contributed by atoms with van der Waals surface area (Å²) < 4.78 is 11.2. The topological polar surface area (TPSA) is 149 Å². The first-order valence-corrected chi connectivity index (χ1v) is 21.0. The Kier molecular flexibility index (Phi) is 31.7. The minimum atomic E-state index is -1.58. The third-order valence-electron chi connectivity index (χ3n) is 9.57. The first kappa shape index (κ1) is 48.9. The molecule has 0 radical (unpaired) electrons. The number of aliphatic hydroxyl groups is 5. The van der Waals surface area contributed by atoms with E-state index in [2.05, 4.69) is 67.8 Å². The second-order valence-corrected chi connectivity index (χ2v) is 14.4. The highest BCUT2D eigenvalue weighted by atomic mass is 16.7. The number of carbonyl (C=O) groups is 1. The molecule has 9 heteroatoms. The second kappa shape index (κ2) is 34.4. The molecule has 0 bridgehead atoms. The molecule has 7 unspecified atom stereocenters. The van der Waals surface area contributed by atoms with E-state index in [4.69, 9.17) is 9.47 Å². The van der Waals surface area contributed by atoms with E-state index in [1.54, 1.807) is 6.08 Å². The second-order valence-electron chi connectivity index (χ2n) is 14.4. The first-order chi connectivity index (χ1) is 25.8. The maximum Gasteiger partial charge on any atom is 0.220 e. The summed E-state index contributed by atoms with van der Waals surface area (Å²) in [5, 5.41) is 54.0. The van der Waals surface area contributed by atoms with Crippen LogP contribution in [0.4, 0.5) is 0 Å². The fourth-order valence-electron chi connectivity index (χ4n) is 6.12. The van der Waals surface area contributed by atoms with Gasteiger partial charge in [-0.25, -0.2) is 0 Å². The average Bonchev–Trinajstić information content (AvgIpc) is 3.16. The van der Waals surface area contributed by atoms with E-state index >= 15 is 0 Å². The van der Waals surface area contributed by atoms with E-state index in [0.717, 1.165) is 77.0 Å². The molecule has 7 atom stereocenters. The van der Waals surface area contributed by atoms with Crippen molar-refractivity contribution in [3.63, 3.8) is 0 Å². The van der Waals surface area contributed by atoms with E-state index in [0.29, 0.717) is 6.42 Å². The lowest BCUT2D eigenvalue weighted by Gasteiger charge is -2.40. The largest absolute Gasteiger partial charge is 0.394 e. The first-order valence-electron chi connectivity index (χ1n) is 21.0. The number of hydrogen-bond donors (Lipinski definition) is 6. The summed E-state index contributed by atoms with van der Waals surface area (Å²) >= 11 is 0. The minimum Gasteiger partial charge on any atom is -0.394 e. The van der Waals surface area contributed by atoms with Crippen LogP contribution in [0.3, 0.4) is 0 Å². The quantitative estimate of drug-likeness (QED) is 0.0225. The number of ether oxygens (including phenoxy) is 2. The van der Waals surface area contributed by atoms with Gasteiger partial charge in [0.1, 0.15) is 24.4 Å². The molecule has 0 aromatic carbocycles. The van der Waals surface area contributed by atoms with Gasteiger partial charge in [-0.05, 0) is 70.6 Å². The van der Waals surface area contributed by atoms with Crippen LogP contribution >= 0.6 is 0 Å². The van der Waals surface area contributed by atoms with Crippen LogP contribution in [0, 0.1) is 0 Å². The van der Waals surface area contributed by atoms with E-state index in [-0.39, 0.29) is 12.5 Å². The fourth-order valence-corrected chi connectivity index (χ4v) is 6.12. The molecule has 0 aromatic rings. The Bertz CT molecular complexity index is 1010. The number of amides is 1. The van der Waals surface area contributed by atoms with E-state index in [9.17, 15) is 30.3 Å². The molecule has 306 valence electrons. The van der Waals surface area contributed by atoms with Gasteiger partial charge in [0.2, 0.25) is 5.91 Å². The summed E-state index contributed by atoms with van der Waals surface area (Å²) in [6.07, 6.45) is 36.8. The van der Waals surface area contributed by atoms with Crippen molar-refractivity contribution in [1.82, 2.24) is 5.32 Å². The maximum atomic E-state index is 12.9. The van der Waals surface area contributed by atoms with Gasteiger partial charge in [-0.1, -0.05) is 139 Å². The van der Waals surface area contributed by atoms with Crippen molar-refractivity contribution < 1.29 is 39.8 Å². The van der Waals surface area contributed by atoms with Crippen molar-refractivity contribution >= 4 is 5.91 Å². The lowest BCUT2D eigenvalue weighted by atomic mass is 9.99. The smallest absolute Gasteiger partial charge is 0.220 e. The molecule has 1 heterocycles. The molecule has 0 aliphatic carbocycles. The maximum absolute atomic E-state index is 12.9. The number of nitrogens with one attached hydrogen (secondary N) is 1. The highest BCUT2D eigenvalue weighted by molar-refractivity contribution is 5.76. The molecule has 1 fully saturated rings. The van der Waals surface area contributed by atoms with Crippen LogP contribution in [0.1, 0.15) is 155 Å². The monoisotopic (exact) mass is 748 g/mol. The molecule has 0 spiro atoms. The van der Waals surface area contributed by atoms with Crippen LogP contribution in [0.2, 0.25) is 0 Å². The molecule has 6 N–H and O–H groups in total. The highest BCUT2D eigenvalue weighted by Crippen LogP contribution is 2.22. The Labute approximate surface area is 322 Å².